The minimum atomic E-state index is -0.926. The van der Waals surface area contributed by atoms with Crippen molar-refractivity contribution < 1.29 is 23.8 Å². The Morgan fingerprint density at radius 2 is 1.74 bits per heavy atom. The van der Waals surface area contributed by atoms with Gasteiger partial charge in [-0.3, -0.25) is 0 Å². The van der Waals surface area contributed by atoms with Crippen LogP contribution in [0.25, 0.3) is 22.0 Å². The van der Waals surface area contributed by atoms with E-state index in [0.29, 0.717) is 18.7 Å². The molecule has 0 bridgehead atoms. The molecule has 224 valence electrons. The van der Waals surface area contributed by atoms with Crippen LogP contribution < -0.4 is 15.4 Å². The van der Waals surface area contributed by atoms with E-state index in [1.54, 1.807) is 32.9 Å². The highest BCUT2D eigenvalue weighted by Gasteiger charge is 2.28. The average molecular weight is 583 g/mol. The number of esters is 1. The van der Waals surface area contributed by atoms with Crippen LogP contribution in [0.2, 0.25) is 0 Å². The molecule has 0 radical (unpaired) electrons. The number of amides is 1. The Morgan fingerprint density at radius 3 is 2.42 bits per heavy atom. The Balaban J connectivity index is 1.65. The third-order valence-corrected chi connectivity index (χ3v) is 6.75. The van der Waals surface area contributed by atoms with E-state index in [2.05, 4.69) is 21.7 Å². The maximum Gasteiger partial charge on any atom is 0.407 e. The Kier molecular flexibility index (Phi) is 9.94. The number of carbonyl (C=O) groups excluding carboxylic acids is 2. The standard InChI is InChI=1S/C34H38N4O5/c1-6-17-42-25-14-11-22(12-15-25)23-13-16-29(27(18-23)32(39)41-5)37-31(20-35)30(38-33(40)43-34(2,3)4)19-24-21-36-28-10-8-7-9-26(24)28/h7-16,18,21,30-31,36-37H,6,17,19H2,1-5H3,(H,38,40). The number of nitrogens with one attached hydrogen (secondary N) is 3. The van der Waals surface area contributed by atoms with Gasteiger partial charge in [0.15, 0.2) is 0 Å². The van der Waals surface area contributed by atoms with Gasteiger partial charge in [-0.1, -0.05) is 43.3 Å². The number of anilines is 1. The molecule has 2 unspecified atom stereocenters. The Hall–Kier alpha value is -4.97. The van der Waals surface area contributed by atoms with Gasteiger partial charge < -0.3 is 29.8 Å². The van der Waals surface area contributed by atoms with Gasteiger partial charge in [0, 0.05) is 22.8 Å². The third kappa shape index (κ3) is 8.07. The molecule has 0 spiro atoms. The van der Waals surface area contributed by atoms with Gasteiger partial charge in [0.1, 0.15) is 17.4 Å². The molecule has 0 saturated carbocycles. The zero-order valence-electron chi connectivity index (χ0n) is 25.2. The third-order valence-electron chi connectivity index (χ3n) is 6.75. The summed E-state index contributed by atoms with van der Waals surface area (Å²) in [5.41, 5.74) is 3.50. The number of carbonyl (C=O) groups is 2. The molecule has 0 aliphatic heterocycles. The first-order chi connectivity index (χ1) is 20.6. The number of nitriles is 1. The van der Waals surface area contributed by atoms with Crippen molar-refractivity contribution in [2.75, 3.05) is 19.0 Å². The minimum Gasteiger partial charge on any atom is -0.494 e. The average Bonchev–Trinajstić information content (AvgIpc) is 3.40. The molecule has 0 fully saturated rings. The molecule has 3 aromatic carbocycles. The van der Waals surface area contributed by atoms with Crippen LogP contribution in [0, 0.1) is 11.3 Å². The predicted molar refractivity (Wildman–Crippen MR) is 167 cm³/mol. The van der Waals surface area contributed by atoms with Crippen molar-refractivity contribution in [3.05, 3.63) is 84.1 Å². The summed E-state index contributed by atoms with van der Waals surface area (Å²) in [6, 6.07) is 21.4. The number of methoxy groups -OCH3 is 1. The fourth-order valence-electron chi connectivity index (χ4n) is 4.73. The van der Waals surface area contributed by atoms with Crippen LogP contribution in [0.5, 0.6) is 5.75 Å². The first-order valence-electron chi connectivity index (χ1n) is 14.3. The minimum absolute atomic E-state index is 0.259. The summed E-state index contributed by atoms with van der Waals surface area (Å²) >= 11 is 0. The van der Waals surface area contributed by atoms with Crippen molar-refractivity contribution in [1.29, 1.82) is 5.26 Å². The van der Waals surface area contributed by atoms with E-state index < -0.39 is 29.7 Å². The van der Waals surface area contributed by atoms with Gasteiger partial charge in [0.2, 0.25) is 0 Å². The Labute approximate surface area is 252 Å². The SMILES string of the molecule is CCCOc1ccc(-c2ccc(NC(C#N)C(Cc3c[nH]c4ccccc34)NC(=O)OC(C)(C)C)c(C(=O)OC)c2)cc1. The second-order valence-electron chi connectivity index (χ2n) is 11.2. The molecule has 4 rings (SSSR count). The van der Waals surface area contributed by atoms with Crippen LogP contribution >= 0.6 is 0 Å². The van der Waals surface area contributed by atoms with E-state index in [4.69, 9.17) is 14.2 Å². The van der Waals surface area contributed by atoms with Crippen molar-refractivity contribution in [3.8, 4) is 22.9 Å². The summed E-state index contributed by atoms with van der Waals surface area (Å²) in [6.07, 6.45) is 2.47. The largest absolute Gasteiger partial charge is 0.494 e. The van der Waals surface area contributed by atoms with Gasteiger partial charge in [-0.05, 0) is 80.6 Å². The second kappa shape index (κ2) is 13.8. The zero-order valence-corrected chi connectivity index (χ0v) is 25.2. The fourth-order valence-corrected chi connectivity index (χ4v) is 4.73. The van der Waals surface area contributed by atoms with Gasteiger partial charge in [-0.15, -0.1) is 0 Å². The van der Waals surface area contributed by atoms with Crippen LogP contribution in [0.1, 0.15) is 50.0 Å². The predicted octanol–water partition coefficient (Wildman–Crippen LogP) is 6.85. The topological polar surface area (TPSA) is 125 Å². The molecule has 43 heavy (non-hydrogen) atoms. The van der Waals surface area contributed by atoms with Crippen LogP contribution in [-0.2, 0) is 15.9 Å². The molecule has 0 aliphatic carbocycles. The monoisotopic (exact) mass is 582 g/mol. The van der Waals surface area contributed by atoms with E-state index in [9.17, 15) is 14.9 Å². The lowest BCUT2D eigenvalue weighted by molar-refractivity contribution is 0.0501. The molecule has 3 N–H and O–H groups in total. The Morgan fingerprint density at radius 1 is 1.02 bits per heavy atom. The van der Waals surface area contributed by atoms with Crippen molar-refractivity contribution >= 4 is 28.7 Å². The van der Waals surface area contributed by atoms with Crippen molar-refractivity contribution in [2.45, 2.75) is 58.2 Å². The van der Waals surface area contributed by atoms with Crippen LogP contribution in [0.3, 0.4) is 0 Å². The van der Waals surface area contributed by atoms with E-state index in [0.717, 1.165) is 39.8 Å². The first-order valence-corrected chi connectivity index (χ1v) is 14.3. The molecule has 1 heterocycles. The molecular formula is C34H38N4O5. The number of rotatable bonds is 11. The quantitative estimate of drug-likeness (QED) is 0.165. The molecule has 9 heteroatoms. The highest BCUT2D eigenvalue weighted by Crippen LogP contribution is 2.29. The number of fused-ring (bicyclic) bond motifs is 1. The Bertz CT molecular complexity index is 1600. The van der Waals surface area contributed by atoms with Gasteiger partial charge >= 0.3 is 12.1 Å². The van der Waals surface area contributed by atoms with Crippen molar-refractivity contribution in [2.24, 2.45) is 0 Å². The lowest BCUT2D eigenvalue weighted by Crippen LogP contribution is -2.49. The van der Waals surface area contributed by atoms with Gasteiger partial charge in [-0.25, -0.2) is 9.59 Å². The number of hydrogen-bond donors (Lipinski definition) is 3. The summed E-state index contributed by atoms with van der Waals surface area (Å²) in [5, 5.41) is 17.4. The van der Waals surface area contributed by atoms with Crippen molar-refractivity contribution in [1.82, 2.24) is 10.3 Å². The molecule has 0 saturated heterocycles. The first kappa shape index (κ1) is 31.0. The van der Waals surface area contributed by atoms with Crippen LogP contribution in [0.15, 0.2) is 72.9 Å². The molecule has 1 amide bonds. The summed E-state index contributed by atoms with van der Waals surface area (Å²) in [4.78, 5) is 29.0. The van der Waals surface area contributed by atoms with Crippen LogP contribution in [0.4, 0.5) is 10.5 Å². The summed E-state index contributed by atoms with van der Waals surface area (Å²) in [5.74, 6) is 0.213. The number of H-pyrrole nitrogens is 1. The number of alkyl carbamates (subject to hydrolysis) is 1. The lowest BCUT2D eigenvalue weighted by Gasteiger charge is -2.27. The summed E-state index contributed by atoms with van der Waals surface area (Å²) in [6.45, 7) is 8.01. The van der Waals surface area contributed by atoms with Gasteiger partial charge in [0.25, 0.3) is 0 Å². The van der Waals surface area contributed by atoms with Gasteiger partial charge in [-0.2, -0.15) is 5.26 Å². The van der Waals surface area contributed by atoms with Gasteiger partial charge in [0.05, 0.1) is 31.4 Å². The molecule has 1 aromatic heterocycles. The van der Waals surface area contributed by atoms with E-state index >= 15 is 0 Å². The van der Waals surface area contributed by atoms with E-state index in [1.165, 1.54) is 7.11 Å². The number of hydrogen-bond acceptors (Lipinski definition) is 7. The normalized spacial score (nSPS) is 12.6. The molecule has 9 nitrogen and oxygen atoms in total. The lowest BCUT2D eigenvalue weighted by atomic mass is 9.98. The van der Waals surface area contributed by atoms with Crippen LogP contribution in [-0.4, -0.2) is 48.4 Å². The number of para-hydroxylation sites is 1. The van der Waals surface area contributed by atoms with E-state index in [-0.39, 0.29) is 5.56 Å². The fraction of sp³-hybridized carbons (Fsp3) is 0.324. The molecular weight excluding hydrogens is 544 g/mol. The van der Waals surface area contributed by atoms with Crippen molar-refractivity contribution in [3.63, 3.8) is 0 Å². The number of ether oxygens (including phenoxy) is 3. The van der Waals surface area contributed by atoms with E-state index in [1.807, 2.05) is 67.7 Å². The number of aromatic amines is 1. The zero-order chi connectivity index (χ0) is 31.0. The maximum atomic E-state index is 12.9. The number of nitrogens with zero attached hydrogens (tertiary/aromatic N) is 1. The molecule has 2 atom stereocenters. The summed E-state index contributed by atoms with van der Waals surface area (Å²) < 4.78 is 16.3. The number of benzene rings is 3. The smallest absolute Gasteiger partial charge is 0.407 e. The maximum absolute atomic E-state index is 12.9. The molecule has 0 aliphatic rings. The summed E-state index contributed by atoms with van der Waals surface area (Å²) in [7, 11) is 1.31. The highest BCUT2D eigenvalue weighted by molar-refractivity contribution is 5.97. The molecule has 4 aromatic rings. The second-order valence-corrected chi connectivity index (χ2v) is 11.2. The highest BCUT2D eigenvalue weighted by atomic mass is 16.6. The number of aromatic nitrogens is 1.